The number of nitrogens with zero attached hydrogens (tertiary/aromatic N) is 3. The molecule has 31 heavy (non-hydrogen) atoms. The lowest BCUT2D eigenvalue weighted by atomic mass is 10.2. The summed E-state index contributed by atoms with van der Waals surface area (Å²) in [7, 11) is 0. The number of non-ortho nitro benzene ring substituents is 1. The van der Waals surface area contributed by atoms with Crippen LogP contribution in [0.5, 0.6) is 0 Å². The number of amides is 2. The Labute approximate surface area is 185 Å². The second-order valence-electron chi connectivity index (χ2n) is 8.11. The van der Waals surface area contributed by atoms with E-state index in [0.29, 0.717) is 31.7 Å². The standard InChI is InChI=1S/C22H25N3O5S/c1-22(2,3)30-21(27)24-14-12-23(13-15-24)20(26)18-6-4-5-7-19(18)31-17-10-8-16(9-11-17)25(28)29/h4-11H,12-15H2,1-3H3. The summed E-state index contributed by atoms with van der Waals surface area (Å²) in [4.78, 5) is 40.7. The molecular weight excluding hydrogens is 418 g/mol. The molecule has 2 aromatic carbocycles. The van der Waals surface area contributed by atoms with E-state index in [2.05, 4.69) is 0 Å². The summed E-state index contributed by atoms with van der Waals surface area (Å²) >= 11 is 1.38. The first-order valence-corrected chi connectivity index (χ1v) is 10.7. The normalized spacial score (nSPS) is 14.3. The molecule has 0 aromatic heterocycles. The first-order chi connectivity index (χ1) is 14.6. The minimum absolute atomic E-state index is 0.0246. The Morgan fingerprint density at radius 1 is 0.968 bits per heavy atom. The third-order valence-electron chi connectivity index (χ3n) is 4.61. The van der Waals surface area contributed by atoms with Crippen LogP contribution in [-0.4, -0.2) is 58.5 Å². The molecule has 2 aromatic rings. The predicted molar refractivity (Wildman–Crippen MR) is 117 cm³/mol. The minimum Gasteiger partial charge on any atom is -0.444 e. The fourth-order valence-electron chi connectivity index (χ4n) is 3.08. The fourth-order valence-corrected chi connectivity index (χ4v) is 4.02. The Morgan fingerprint density at radius 3 is 2.13 bits per heavy atom. The van der Waals surface area contributed by atoms with Crippen LogP contribution in [0.25, 0.3) is 0 Å². The number of piperazine rings is 1. The number of carbonyl (C=O) groups excluding carboxylic acids is 2. The van der Waals surface area contributed by atoms with E-state index in [1.165, 1.54) is 23.9 Å². The molecule has 164 valence electrons. The van der Waals surface area contributed by atoms with Gasteiger partial charge in [-0.1, -0.05) is 23.9 Å². The van der Waals surface area contributed by atoms with Crippen LogP contribution in [0.3, 0.4) is 0 Å². The number of carbonyl (C=O) groups is 2. The number of rotatable bonds is 4. The van der Waals surface area contributed by atoms with E-state index in [9.17, 15) is 19.7 Å². The summed E-state index contributed by atoms with van der Waals surface area (Å²) in [5.41, 5.74) is 0.0334. The van der Waals surface area contributed by atoms with Gasteiger partial charge in [0.25, 0.3) is 11.6 Å². The lowest BCUT2D eigenvalue weighted by molar-refractivity contribution is -0.384. The highest BCUT2D eigenvalue weighted by Gasteiger charge is 2.28. The molecule has 0 bridgehead atoms. The number of hydrogen-bond acceptors (Lipinski definition) is 6. The summed E-state index contributed by atoms with van der Waals surface area (Å²) in [5.74, 6) is -0.103. The van der Waals surface area contributed by atoms with E-state index < -0.39 is 10.5 Å². The van der Waals surface area contributed by atoms with Crippen molar-refractivity contribution in [3.8, 4) is 0 Å². The minimum atomic E-state index is -0.557. The van der Waals surface area contributed by atoms with Crippen LogP contribution in [-0.2, 0) is 4.74 Å². The Kier molecular flexibility index (Phi) is 6.84. The maximum Gasteiger partial charge on any atom is 0.410 e. The van der Waals surface area contributed by atoms with Gasteiger partial charge < -0.3 is 14.5 Å². The molecule has 0 radical (unpaired) electrons. The zero-order chi connectivity index (χ0) is 22.6. The van der Waals surface area contributed by atoms with Crippen LogP contribution in [0.2, 0.25) is 0 Å². The van der Waals surface area contributed by atoms with Gasteiger partial charge >= 0.3 is 6.09 Å². The molecule has 0 atom stereocenters. The fraction of sp³-hybridized carbons (Fsp3) is 0.364. The molecule has 0 N–H and O–H groups in total. The van der Waals surface area contributed by atoms with Gasteiger partial charge in [-0.05, 0) is 45.0 Å². The van der Waals surface area contributed by atoms with E-state index in [1.807, 2.05) is 39.0 Å². The zero-order valence-electron chi connectivity index (χ0n) is 17.7. The summed E-state index contributed by atoms with van der Waals surface area (Å²) in [5, 5.41) is 10.8. The van der Waals surface area contributed by atoms with Crippen molar-refractivity contribution in [1.29, 1.82) is 0 Å². The molecule has 1 heterocycles. The van der Waals surface area contributed by atoms with E-state index in [0.717, 1.165) is 9.79 Å². The Hall–Kier alpha value is -3.07. The first kappa shape index (κ1) is 22.6. The van der Waals surface area contributed by atoms with Gasteiger partial charge in [0.15, 0.2) is 0 Å². The molecule has 1 fully saturated rings. The van der Waals surface area contributed by atoms with Gasteiger partial charge in [0.2, 0.25) is 0 Å². The second kappa shape index (κ2) is 9.38. The van der Waals surface area contributed by atoms with Gasteiger partial charge in [0, 0.05) is 48.1 Å². The highest BCUT2D eigenvalue weighted by molar-refractivity contribution is 7.99. The molecule has 0 spiro atoms. The van der Waals surface area contributed by atoms with Crippen molar-refractivity contribution < 1.29 is 19.2 Å². The topological polar surface area (TPSA) is 93.0 Å². The molecule has 0 aliphatic carbocycles. The second-order valence-corrected chi connectivity index (χ2v) is 9.22. The average molecular weight is 444 g/mol. The van der Waals surface area contributed by atoms with Crippen LogP contribution < -0.4 is 0 Å². The van der Waals surface area contributed by atoms with E-state index in [1.54, 1.807) is 28.0 Å². The molecule has 9 heteroatoms. The summed E-state index contributed by atoms with van der Waals surface area (Å²) in [6.45, 7) is 7.15. The Bertz CT molecular complexity index is 964. The molecule has 3 rings (SSSR count). The number of nitro groups is 1. The maximum atomic E-state index is 13.1. The van der Waals surface area contributed by atoms with E-state index >= 15 is 0 Å². The van der Waals surface area contributed by atoms with Crippen LogP contribution >= 0.6 is 11.8 Å². The predicted octanol–water partition coefficient (Wildman–Crippen LogP) is 4.44. The van der Waals surface area contributed by atoms with Crippen LogP contribution in [0, 0.1) is 10.1 Å². The number of ether oxygens (including phenoxy) is 1. The average Bonchev–Trinajstić information content (AvgIpc) is 2.73. The molecule has 0 unspecified atom stereocenters. The first-order valence-electron chi connectivity index (χ1n) is 9.92. The van der Waals surface area contributed by atoms with Crippen LogP contribution in [0.4, 0.5) is 10.5 Å². The third kappa shape index (κ3) is 5.97. The molecule has 8 nitrogen and oxygen atoms in total. The number of nitro benzene ring substituents is 1. The van der Waals surface area contributed by atoms with Crippen molar-refractivity contribution in [1.82, 2.24) is 9.80 Å². The quantitative estimate of drug-likeness (QED) is 0.512. The van der Waals surface area contributed by atoms with Gasteiger partial charge in [-0.15, -0.1) is 0 Å². The van der Waals surface area contributed by atoms with Gasteiger partial charge in [-0.3, -0.25) is 14.9 Å². The van der Waals surface area contributed by atoms with E-state index in [4.69, 9.17) is 4.74 Å². The van der Waals surface area contributed by atoms with Crippen LogP contribution in [0.15, 0.2) is 58.3 Å². The van der Waals surface area contributed by atoms with Gasteiger partial charge in [-0.2, -0.15) is 0 Å². The number of hydrogen-bond donors (Lipinski definition) is 0. The summed E-state index contributed by atoms with van der Waals surface area (Å²) in [6.07, 6.45) is -0.367. The third-order valence-corrected chi connectivity index (χ3v) is 5.70. The molecular formula is C22H25N3O5S. The lowest BCUT2D eigenvalue weighted by Crippen LogP contribution is -2.51. The van der Waals surface area contributed by atoms with Crippen molar-refractivity contribution >= 4 is 29.4 Å². The zero-order valence-corrected chi connectivity index (χ0v) is 18.6. The van der Waals surface area contributed by atoms with Crippen molar-refractivity contribution in [3.05, 3.63) is 64.2 Å². The highest BCUT2D eigenvalue weighted by Crippen LogP contribution is 2.32. The SMILES string of the molecule is CC(C)(C)OC(=O)N1CCN(C(=O)c2ccccc2Sc2ccc([N+](=O)[O-])cc2)CC1. The van der Waals surface area contributed by atoms with Crippen molar-refractivity contribution in [2.24, 2.45) is 0 Å². The lowest BCUT2D eigenvalue weighted by Gasteiger charge is -2.35. The van der Waals surface area contributed by atoms with Crippen molar-refractivity contribution in [2.45, 2.75) is 36.2 Å². The molecule has 1 saturated heterocycles. The molecule has 1 aliphatic rings. The monoisotopic (exact) mass is 443 g/mol. The van der Waals surface area contributed by atoms with Gasteiger partial charge in [-0.25, -0.2) is 4.79 Å². The summed E-state index contributed by atoms with van der Waals surface area (Å²) < 4.78 is 5.40. The molecule has 2 amide bonds. The van der Waals surface area contributed by atoms with Gasteiger partial charge in [0.1, 0.15) is 5.60 Å². The largest absolute Gasteiger partial charge is 0.444 e. The van der Waals surface area contributed by atoms with Gasteiger partial charge in [0.05, 0.1) is 10.5 Å². The van der Waals surface area contributed by atoms with Crippen LogP contribution in [0.1, 0.15) is 31.1 Å². The summed E-state index contributed by atoms with van der Waals surface area (Å²) in [6, 6.07) is 13.5. The van der Waals surface area contributed by atoms with Crippen molar-refractivity contribution in [2.75, 3.05) is 26.2 Å². The Balaban J connectivity index is 1.66. The number of benzene rings is 2. The Morgan fingerprint density at radius 2 is 1.55 bits per heavy atom. The molecule has 0 saturated carbocycles. The highest BCUT2D eigenvalue weighted by atomic mass is 32.2. The maximum absolute atomic E-state index is 13.1. The molecule has 1 aliphatic heterocycles. The smallest absolute Gasteiger partial charge is 0.410 e. The van der Waals surface area contributed by atoms with Crippen molar-refractivity contribution in [3.63, 3.8) is 0 Å². The van der Waals surface area contributed by atoms with E-state index in [-0.39, 0.29) is 17.7 Å².